The maximum absolute atomic E-state index is 10.8. The summed E-state index contributed by atoms with van der Waals surface area (Å²) in [6, 6.07) is 0. The molecule has 30 heavy (non-hydrogen) atoms. The van der Waals surface area contributed by atoms with Crippen molar-refractivity contribution in [3.63, 3.8) is 0 Å². The number of carbonyl (C=O) groups is 1. The molecule has 1 saturated carbocycles. The third-order valence-electron chi connectivity index (χ3n) is 6.69. The van der Waals surface area contributed by atoms with Crippen molar-refractivity contribution in [1.82, 2.24) is 0 Å². The van der Waals surface area contributed by atoms with Crippen LogP contribution < -0.4 is 0 Å². The van der Waals surface area contributed by atoms with Gasteiger partial charge in [-0.25, -0.2) is 0 Å². The number of aliphatic carboxylic acids is 1. The lowest BCUT2D eigenvalue weighted by Crippen LogP contribution is -2.31. The monoisotopic (exact) mass is 424 g/mol. The number of unbranched alkanes of at least 4 members (excludes halogenated alkanes) is 6. The number of aliphatic hydroxyl groups excluding tert-OH is 1. The SMILES string of the molecule is CCCCCCCC[C@@H]1[C@@H](CC=CCCCC(=O)O)[C@@H](O)C[C@H]1OC1CCCCO1. The third-order valence-corrected chi connectivity index (χ3v) is 6.69. The Kier molecular flexibility index (Phi) is 12.7. The molecule has 1 unspecified atom stereocenters. The molecular weight excluding hydrogens is 380 g/mol. The lowest BCUT2D eigenvalue weighted by molar-refractivity contribution is -0.196. The first-order chi connectivity index (χ1) is 14.6. The van der Waals surface area contributed by atoms with Gasteiger partial charge in [0.1, 0.15) is 0 Å². The lowest BCUT2D eigenvalue weighted by Gasteiger charge is -2.30. The highest BCUT2D eigenvalue weighted by Gasteiger charge is 2.43. The summed E-state index contributed by atoms with van der Waals surface area (Å²) in [7, 11) is 0. The van der Waals surface area contributed by atoms with Gasteiger partial charge in [-0.1, -0.05) is 57.6 Å². The van der Waals surface area contributed by atoms with Crippen LogP contribution in [0.1, 0.15) is 103 Å². The van der Waals surface area contributed by atoms with Crippen molar-refractivity contribution in [2.45, 2.75) is 122 Å². The van der Waals surface area contributed by atoms with Gasteiger partial charge in [0.15, 0.2) is 6.29 Å². The first-order valence-electron chi connectivity index (χ1n) is 12.4. The zero-order valence-electron chi connectivity index (χ0n) is 19.0. The van der Waals surface area contributed by atoms with E-state index in [0.29, 0.717) is 18.8 Å². The van der Waals surface area contributed by atoms with Crippen molar-refractivity contribution >= 4 is 5.97 Å². The second-order valence-corrected chi connectivity index (χ2v) is 9.15. The van der Waals surface area contributed by atoms with Gasteiger partial charge in [-0.15, -0.1) is 0 Å². The third kappa shape index (κ3) is 9.49. The van der Waals surface area contributed by atoms with Gasteiger partial charge in [0.05, 0.1) is 12.2 Å². The summed E-state index contributed by atoms with van der Waals surface area (Å²) >= 11 is 0. The second-order valence-electron chi connectivity index (χ2n) is 9.15. The summed E-state index contributed by atoms with van der Waals surface area (Å²) in [6.07, 6.45) is 19.1. The van der Waals surface area contributed by atoms with Crippen molar-refractivity contribution in [2.75, 3.05) is 6.61 Å². The predicted octanol–water partition coefficient (Wildman–Crippen LogP) is 5.85. The molecule has 5 heteroatoms. The van der Waals surface area contributed by atoms with Crippen molar-refractivity contribution in [3.8, 4) is 0 Å². The Labute approximate surface area is 183 Å². The number of carboxylic acids is 1. The van der Waals surface area contributed by atoms with E-state index in [2.05, 4.69) is 19.1 Å². The normalized spacial score (nSPS) is 29.6. The van der Waals surface area contributed by atoms with E-state index in [1.807, 2.05) is 0 Å². The van der Waals surface area contributed by atoms with E-state index in [9.17, 15) is 9.90 Å². The first-order valence-corrected chi connectivity index (χ1v) is 12.4. The summed E-state index contributed by atoms with van der Waals surface area (Å²) in [5.74, 6) is -0.135. The molecule has 5 nitrogen and oxygen atoms in total. The van der Waals surface area contributed by atoms with Gasteiger partial charge in [-0.2, -0.15) is 0 Å². The quantitative estimate of drug-likeness (QED) is 0.255. The van der Waals surface area contributed by atoms with Crippen LogP contribution in [0.4, 0.5) is 0 Å². The maximum Gasteiger partial charge on any atom is 0.303 e. The van der Waals surface area contributed by atoms with E-state index >= 15 is 0 Å². The molecule has 0 spiro atoms. The van der Waals surface area contributed by atoms with Crippen molar-refractivity contribution in [2.24, 2.45) is 11.8 Å². The van der Waals surface area contributed by atoms with Crippen LogP contribution in [-0.4, -0.2) is 41.3 Å². The van der Waals surface area contributed by atoms with Crippen molar-refractivity contribution in [3.05, 3.63) is 12.2 Å². The number of carboxylic acid groups (broad SMARTS) is 1. The molecule has 0 radical (unpaired) electrons. The minimum absolute atomic E-state index is 0.0872. The number of rotatable bonds is 15. The molecule has 0 aromatic heterocycles. The van der Waals surface area contributed by atoms with Gasteiger partial charge in [0, 0.05) is 19.4 Å². The van der Waals surface area contributed by atoms with Gasteiger partial charge in [-0.3, -0.25) is 4.79 Å². The Bertz CT molecular complexity index is 486. The number of hydrogen-bond donors (Lipinski definition) is 2. The number of allylic oxidation sites excluding steroid dienone is 2. The molecule has 0 amide bonds. The first kappa shape index (κ1) is 25.4. The Balaban J connectivity index is 1.85. The Morgan fingerprint density at radius 2 is 1.87 bits per heavy atom. The van der Waals surface area contributed by atoms with Gasteiger partial charge >= 0.3 is 5.97 Å². The fraction of sp³-hybridized carbons (Fsp3) is 0.880. The standard InChI is InChI=1S/C25H44O5/c1-2-3-4-5-6-10-15-21-20(14-9-7-8-11-16-24(27)28)22(26)19-23(21)30-25-17-12-13-18-29-25/h7,9,20-23,25-26H,2-6,8,10-19H2,1H3,(H,27,28)/t20-,21-,22+,23-,25?/m1/s1. The van der Waals surface area contributed by atoms with Crippen molar-refractivity contribution in [1.29, 1.82) is 0 Å². The van der Waals surface area contributed by atoms with E-state index in [1.165, 1.54) is 38.5 Å². The van der Waals surface area contributed by atoms with Gasteiger partial charge < -0.3 is 19.7 Å². The summed E-state index contributed by atoms with van der Waals surface area (Å²) in [5.41, 5.74) is 0. The topological polar surface area (TPSA) is 76.0 Å². The van der Waals surface area contributed by atoms with Crippen LogP contribution in [0.15, 0.2) is 12.2 Å². The highest BCUT2D eigenvalue weighted by molar-refractivity contribution is 5.66. The van der Waals surface area contributed by atoms with Crippen molar-refractivity contribution < 1.29 is 24.5 Å². The second kappa shape index (κ2) is 15.0. The van der Waals surface area contributed by atoms with E-state index in [1.54, 1.807) is 0 Å². The lowest BCUT2D eigenvalue weighted by atomic mass is 9.86. The van der Waals surface area contributed by atoms with E-state index < -0.39 is 5.97 Å². The van der Waals surface area contributed by atoms with E-state index in [0.717, 1.165) is 45.1 Å². The smallest absolute Gasteiger partial charge is 0.303 e. The Morgan fingerprint density at radius 1 is 1.07 bits per heavy atom. The van der Waals surface area contributed by atoms with E-state index in [-0.39, 0.29) is 30.8 Å². The molecule has 2 aliphatic rings. The molecule has 0 bridgehead atoms. The van der Waals surface area contributed by atoms with Gasteiger partial charge in [0.2, 0.25) is 0 Å². The highest BCUT2D eigenvalue weighted by Crippen LogP contribution is 2.41. The zero-order valence-corrected chi connectivity index (χ0v) is 19.0. The zero-order chi connectivity index (χ0) is 21.6. The Morgan fingerprint density at radius 3 is 2.60 bits per heavy atom. The predicted molar refractivity (Wildman–Crippen MR) is 119 cm³/mol. The number of aliphatic hydroxyl groups is 1. The molecule has 2 rings (SSSR count). The minimum Gasteiger partial charge on any atom is -0.481 e. The summed E-state index contributed by atoms with van der Waals surface area (Å²) < 4.78 is 12.2. The Hall–Kier alpha value is -0.910. The van der Waals surface area contributed by atoms with Crippen LogP contribution in [0.25, 0.3) is 0 Å². The average Bonchev–Trinajstić information content (AvgIpc) is 3.02. The van der Waals surface area contributed by atoms with Crippen LogP contribution in [0.2, 0.25) is 0 Å². The molecule has 0 aromatic carbocycles. The number of ether oxygens (including phenoxy) is 2. The average molecular weight is 425 g/mol. The van der Waals surface area contributed by atoms with E-state index in [4.69, 9.17) is 14.6 Å². The fourth-order valence-electron chi connectivity index (χ4n) is 4.95. The summed E-state index contributed by atoms with van der Waals surface area (Å²) in [4.78, 5) is 10.6. The molecule has 1 saturated heterocycles. The van der Waals surface area contributed by atoms with Gasteiger partial charge in [-0.05, 0) is 56.8 Å². The summed E-state index contributed by atoms with van der Waals surface area (Å²) in [6.45, 7) is 3.03. The molecule has 2 N–H and O–H groups in total. The van der Waals surface area contributed by atoms with Crippen LogP contribution in [0.5, 0.6) is 0 Å². The molecule has 174 valence electrons. The fourth-order valence-corrected chi connectivity index (χ4v) is 4.95. The van der Waals surface area contributed by atoms with Gasteiger partial charge in [0.25, 0.3) is 0 Å². The van der Waals surface area contributed by atoms with Crippen LogP contribution in [-0.2, 0) is 14.3 Å². The molecule has 1 heterocycles. The molecule has 5 atom stereocenters. The van der Waals surface area contributed by atoms with Crippen LogP contribution >= 0.6 is 0 Å². The largest absolute Gasteiger partial charge is 0.481 e. The molecule has 2 fully saturated rings. The molecule has 1 aliphatic heterocycles. The molecule has 0 aromatic rings. The molecule has 1 aliphatic carbocycles. The summed E-state index contributed by atoms with van der Waals surface area (Å²) in [5, 5.41) is 19.5. The number of hydrogen-bond acceptors (Lipinski definition) is 4. The van der Waals surface area contributed by atoms with Crippen LogP contribution in [0.3, 0.4) is 0 Å². The maximum atomic E-state index is 10.8. The van der Waals surface area contributed by atoms with Crippen LogP contribution in [0, 0.1) is 11.8 Å². The minimum atomic E-state index is -0.737. The molecular formula is C25H44O5. The highest BCUT2D eigenvalue weighted by atomic mass is 16.7.